The SMILES string of the molecule is COc1ccc(C)cc1S(=O)(=O)Nc1ccc2c(c1)OCCCO2. The van der Waals surface area contributed by atoms with Crippen LogP contribution in [-0.2, 0) is 10.0 Å². The number of nitrogens with one attached hydrogen (secondary N) is 1. The molecule has 0 spiro atoms. The van der Waals surface area contributed by atoms with Crippen LogP contribution in [0.25, 0.3) is 0 Å². The Morgan fingerprint density at radius 1 is 1.04 bits per heavy atom. The van der Waals surface area contributed by atoms with Crippen LogP contribution in [-0.4, -0.2) is 28.7 Å². The van der Waals surface area contributed by atoms with Gasteiger partial charge in [-0.2, -0.15) is 0 Å². The zero-order chi connectivity index (χ0) is 17.2. The van der Waals surface area contributed by atoms with Crippen molar-refractivity contribution in [3.63, 3.8) is 0 Å². The second-order valence-corrected chi connectivity index (χ2v) is 7.12. The maximum Gasteiger partial charge on any atom is 0.265 e. The second-order valence-electron chi connectivity index (χ2n) is 5.47. The van der Waals surface area contributed by atoms with Crippen LogP contribution < -0.4 is 18.9 Å². The molecule has 0 radical (unpaired) electrons. The molecular weight excluding hydrogens is 330 g/mol. The molecule has 0 atom stereocenters. The van der Waals surface area contributed by atoms with Crippen molar-refractivity contribution in [3.8, 4) is 17.2 Å². The molecular formula is C17H19NO5S. The van der Waals surface area contributed by atoms with Crippen LogP contribution in [0.4, 0.5) is 5.69 Å². The fourth-order valence-corrected chi connectivity index (χ4v) is 3.74. The summed E-state index contributed by atoms with van der Waals surface area (Å²) in [7, 11) is -2.34. The Kier molecular flexibility index (Phi) is 4.53. The maximum atomic E-state index is 12.7. The molecule has 0 saturated heterocycles. The maximum absolute atomic E-state index is 12.7. The Hall–Kier alpha value is -2.41. The minimum atomic E-state index is -3.79. The van der Waals surface area contributed by atoms with Gasteiger partial charge in [-0.25, -0.2) is 8.42 Å². The zero-order valence-electron chi connectivity index (χ0n) is 13.5. The van der Waals surface area contributed by atoms with E-state index in [1.165, 1.54) is 7.11 Å². The third-order valence-electron chi connectivity index (χ3n) is 3.61. The van der Waals surface area contributed by atoms with E-state index in [4.69, 9.17) is 14.2 Å². The Labute approximate surface area is 141 Å². The number of fused-ring (bicyclic) bond motifs is 1. The first-order chi connectivity index (χ1) is 11.5. The summed E-state index contributed by atoms with van der Waals surface area (Å²) in [5.74, 6) is 1.44. The number of ether oxygens (including phenoxy) is 3. The summed E-state index contributed by atoms with van der Waals surface area (Å²) in [5, 5.41) is 0. The highest BCUT2D eigenvalue weighted by Crippen LogP contribution is 2.34. The van der Waals surface area contributed by atoms with Crippen LogP contribution in [0.3, 0.4) is 0 Å². The number of anilines is 1. The molecule has 1 aliphatic heterocycles. The molecule has 0 amide bonds. The van der Waals surface area contributed by atoms with Crippen LogP contribution in [0, 0.1) is 6.92 Å². The van der Waals surface area contributed by atoms with Gasteiger partial charge in [0.15, 0.2) is 11.5 Å². The van der Waals surface area contributed by atoms with Crippen LogP contribution >= 0.6 is 0 Å². The van der Waals surface area contributed by atoms with Gasteiger partial charge in [-0.05, 0) is 36.8 Å². The van der Waals surface area contributed by atoms with Gasteiger partial charge in [0.2, 0.25) is 0 Å². The fraction of sp³-hybridized carbons (Fsp3) is 0.294. The highest BCUT2D eigenvalue weighted by Gasteiger charge is 2.21. The molecule has 6 nitrogen and oxygen atoms in total. The molecule has 7 heteroatoms. The Bertz CT molecular complexity index is 848. The molecule has 128 valence electrons. The number of aryl methyl sites for hydroxylation is 1. The van der Waals surface area contributed by atoms with E-state index >= 15 is 0 Å². The standard InChI is InChI=1S/C17H19NO5S/c1-12-4-6-15(21-2)17(10-12)24(19,20)18-13-5-7-14-16(11-13)23-9-3-8-22-14/h4-7,10-11,18H,3,8-9H2,1-2H3. The van der Waals surface area contributed by atoms with Gasteiger partial charge >= 0.3 is 0 Å². The first-order valence-corrected chi connectivity index (χ1v) is 9.05. The lowest BCUT2D eigenvalue weighted by Gasteiger charge is -2.14. The first kappa shape index (κ1) is 16.4. The largest absolute Gasteiger partial charge is 0.495 e. The van der Waals surface area contributed by atoms with Crippen molar-refractivity contribution in [3.05, 3.63) is 42.0 Å². The summed E-state index contributed by atoms with van der Waals surface area (Å²) in [6, 6.07) is 9.98. The molecule has 1 heterocycles. The Morgan fingerprint density at radius 3 is 2.54 bits per heavy atom. The van der Waals surface area contributed by atoms with E-state index in [1.807, 2.05) is 6.92 Å². The van der Waals surface area contributed by atoms with E-state index in [9.17, 15) is 8.42 Å². The average Bonchev–Trinajstić information content (AvgIpc) is 2.79. The predicted molar refractivity (Wildman–Crippen MR) is 90.6 cm³/mol. The summed E-state index contributed by atoms with van der Waals surface area (Å²) in [4.78, 5) is 0.0945. The molecule has 1 aliphatic rings. The van der Waals surface area contributed by atoms with Crippen molar-refractivity contribution >= 4 is 15.7 Å². The van der Waals surface area contributed by atoms with Crippen molar-refractivity contribution in [1.82, 2.24) is 0 Å². The molecule has 0 unspecified atom stereocenters. The molecule has 0 aliphatic carbocycles. The van der Waals surface area contributed by atoms with E-state index in [0.29, 0.717) is 36.1 Å². The number of sulfonamides is 1. The topological polar surface area (TPSA) is 73.9 Å². The van der Waals surface area contributed by atoms with Crippen LogP contribution in [0.5, 0.6) is 17.2 Å². The Balaban J connectivity index is 1.93. The quantitative estimate of drug-likeness (QED) is 0.919. The fourth-order valence-electron chi connectivity index (χ4n) is 2.43. The summed E-state index contributed by atoms with van der Waals surface area (Å²) in [6.45, 7) is 2.94. The smallest absolute Gasteiger partial charge is 0.265 e. The lowest BCUT2D eigenvalue weighted by atomic mass is 10.2. The number of methoxy groups -OCH3 is 1. The van der Waals surface area contributed by atoms with Gasteiger partial charge in [-0.15, -0.1) is 0 Å². The van der Waals surface area contributed by atoms with Gasteiger partial charge < -0.3 is 14.2 Å². The van der Waals surface area contributed by atoms with Gasteiger partial charge in [-0.1, -0.05) is 6.07 Å². The predicted octanol–water partition coefficient (Wildman–Crippen LogP) is 2.97. The van der Waals surface area contributed by atoms with Gasteiger partial charge in [-0.3, -0.25) is 4.72 Å². The van der Waals surface area contributed by atoms with Gasteiger partial charge in [0.1, 0.15) is 10.6 Å². The summed E-state index contributed by atoms with van der Waals surface area (Å²) >= 11 is 0. The van der Waals surface area contributed by atoms with Crippen LogP contribution in [0.2, 0.25) is 0 Å². The minimum Gasteiger partial charge on any atom is -0.495 e. The second kappa shape index (κ2) is 6.60. The number of rotatable bonds is 4. The van der Waals surface area contributed by atoms with Gasteiger partial charge in [0, 0.05) is 12.5 Å². The number of hydrogen-bond donors (Lipinski definition) is 1. The zero-order valence-corrected chi connectivity index (χ0v) is 14.4. The highest BCUT2D eigenvalue weighted by atomic mass is 32.2. The van der Waals surface area contributed by atoms with Crippen molar-refractivity contribution in [2.24, 2.45) is 0 Å². The number of hydrogen-bond acceptors (Lipinski definition) is 5. The van der Waals surface area contributed by atoms with Crippen molar-refractivity contribution in [2.75, 3.05) is 25.0 Å². The van der Waals surface area contributed by atoms with Crippen molar-refractivity contribution < 1.29 is 22.6 Å². The lowest BCUT2D eigenvalue weighted by Crippen LogP contribution is -2.14. The highest BCUT2D eigenvalue weighted by molar-refractivity contribution is 7.92. The molecule has 3 rings (SSSR count). The third kappa shape index (κ3) is 3.41. The molecule has 24 heavy (non-hydrogen) atoms. The average molecular weight is 349 g/mol. The first-order valence-electron chi connectivity index (χ1n) is 7.57. The third-order valence-corrected chi connectivity index (χ3v) is 5.01. The number of benzene rings is 2. The molecule has 1 N–H and O–H groups in total. The molecule has 2 aromatic carbocycles. The van der Waals surface area contributed by atoms with Gasteiger partial charge in [0.25, 0.3) is 10.0 Å². The van der Waals surface area contributed by atoms with Crippen LogP contribution in [0.1, 0.15) is 12.0 Å². The van der Waals surface area contributed by atoms with E-state index in [1.54, 1.807) is 36.4 Å². The van der Waals surface area contributed by atoms with Gasteiger partial charge in [0.05, 0.1) is 26.0 Å². The molecule has 0 fully saturated rings. The summed E-state index contributed by atoms with van der Waals surface area (Å²) in [6.07, 6.45) is 0.788. The molecule has 0 saturated carbocycles. The van der Waals surface area contributed by atoms with E-state index in [-0.39, 0.29) is 4.90 Å². The molecule has 0 aromatic heterocycles. The lowest BCUT2D eigenvalue weighted by molar-refractivity contribution is 0.297. The van der Waals surface area contributed by atoms with Crippen molar-refractivity contribution in [1.29, 1.82) is 0 Å². The van der Waals surface area contributed by atoms with E-state index in [0.717, 1.165) is 12.0 Å². The van der Waals surface area contributed by atoms with Crippen molar-refractivity contribution in [2.45, 2.75) is 18.2 Å². The Morgan fingerprint density at radius 2 is 1.79 bits per heavy atom. The monoisotopic (exact) mass is 349 g/mol. The van der Waals surface area contributed by atoms with E-state index in [2.05, 4.69) is 4.72 Å². The normalized spacial score (nSPS) is 13.9. The van der Waals surface area contributed by atoms with Crippen LogP contribution in [0.15, 0.2) is 41.3 Å². The minimum absolute atomic E-state index is 0.0945. The molecule has 2 aromatic rings. The summed E-state index contributed by atoms with van der Waals surface area (Å²) in [5.41, 5.74) is 1.23. The van der Waals surface area contributed by atoms with E-state index < -0.39 is 10.0 Å². The summed E-state index contributed by atoms with van der Waals surface area (Å²) < 4.78 is 44.3. The molecule has 0 bridgehead atoms.